The number of benzene rings is 2. The lowest BCUT2D eigenvalue weighted by atomic mass is 10.2. The number of hydrogen-bond donors (Lipinski definition) is 2. The smallest absolute Gasteiger partial charge is 0.478 e. The Balaban J connectivity index is 2.27. The molecule has 0 unspecified atom stereocenters. The zero-order valence-corrected chi connectivity index (χ0v) is 13.6. The maximum Gasteiger partial charge on any atom is 0.573 e. The molecule has 25 heavy (non-hydrogen) atoms. The molecule has 0 radical (unpaired) electrons. The summed E-state index contributed by atoms with van der Waals surface area (Å²) in [5.74, 6) is -1.87. The highest BCUT2D eigenvalue weighted by Gasteiger charge is 2.31. The Morgan fingerprint density at radius 2 is 1.72 bits per heavy atom. The number of carboxylic acid groups (broad SMARTS) is 1. The second-order valence-corrected chi connectivity index (χ2v) is 6.69. The molecule has 0 atom stereocenters. The summed E-state index contributed by atoms with van der Waals surface area (Å²) in [7, 11) is -4.26. The van der Waals surface area contributed by atoms with Gasteiger partial charge in [0.05, 0.1) is 10.6 Å². The number of rotatable bonds is 5. The molecule has 0 heterocycles. The van der Waals surface area contributed by atoms with Gasteiger partial charge in [-0.25, -0.2) is 13.2 Å². The second-order valence-electron chi connectivity index (χ2n) is 4.63. The Kier molecular flexibility index (Phi) is 5.14. The standard InChI is InChI=1S/C14H9ClF3NO5S/c15-11-6-1-8(13(20)21)7-12(11)25(22,23)19-9-2-4-10(5-3-9)24-14(16,17)18/h1-7,19H,(H,20,21). The first-order chi connectivity index (χ1) is 11.5. The minimum atomic E-state index is -4.87. The van der Waals surface area contributed by atoms with Crippen LogP contribution in [0.4, 0.5) is 18.9 Å². The first-order valence-corrected chi connectivity index (χ1v) is 8.25. The van der Waals surface area contributed by atoms with Crippen LogP contribution in [0.25, 0.3) is 0 Å². The number of sulfonamides is 1. The van der Waals surface area contributed by atoms with Crippen LogP contribution in [0, 0.1) is 0 Å². The molecular weight excluding hydrogens is 387 g/mol. The molecule has 11 heteroatoms. The topological polar surface area (TPSA) is 92.7 Å². The Bertz CT molecular complexity index is 898. The average Bonchev–Trinajstić information content (AvgIpc) is 2.47. The van der Waals surface area contributed by atoms with Gasteiger partial charge in [0.2, 0.25) is 0 Å². The molecule has 6 nitrogen and oxygen atoms in total. The van der Waals surface area contributed by atoms with Crippen LogP contribution in [-0.4, -0.2) is 25.9 Å². The van der Waals surface area contributed by atoms with Crippen LogP contribution in [0.1, 0.15) is 10.4 Å². The maximum absolute atomic E-state index is 12.3. The van der Waals surface area contributed by atoms with E-state index in [-0.39, 0.29) is 16.3 Å². The first kappa shape index (κ1) is 18.9. The number of halogens is 4. The third-order valence-corrected chi connectivity index (χ3v) is 4.67. The van der Waals surface area contributed by atoms with E-state index in [2.05, 4.69) is 9.46 Å². The predicted molar refractivity (Wildman–Crippen MR) is 82.3 cm³/mol. The third-order valence-electron chi connectivity index (χ3n) is 2.81. The summed E-state index contributed by atoms with van der Waals surface area (Å²) in [5, 5.41) is 8.70. The number of nitrogens with one attached hydrogen (secondary N) is 1. The van der Waals surface area contributed by atoms with Crippen molar-refractivity contribution in [1.82, 2.24) is 0 Å². The van der Waals surface area contributed by atoms with Gasteiger partial charge in [0.25, 0.3) is 10.0 Å². The van der Waals surface area contributed by atoms with Gasteiger partial charge in [0, 0.05) is 5.69 Å². The lowest BCUT2D eigenvalue weighted by Gasteiger charge is -2.12. The van der Waals surface area contributed by atoms with E-state index in [1.807, 2.05) is 0 Å². The van der Waals surface area contributed by atoms with Crippen molar-refractivity contribution < 1.29 is 36.2 Å². The zero-order chi connectivity index (χ0) is 18.8. The zero-order valence-electron chi connectivity index (χ0n) is 12.0. The van der Waals surface area contributed by atoms with Gasteiger partial charge in [0.1, 0.15) is 10.6 Å². The molecule has 2 aromatic carbocycles. The minimum Gasteiger partial charge on any atom is -0.478 e. The van der Waals surface area contributed by atoms with Gasteiger partial charge < -0.3 is 9.84 Å². The van der Waals surface area contributed by atoms with Crippen molar-refractivity contribution in [1.29, 1.82) is 0 Å². The van der Waals surface area contributed by atoms with Crippen LogP contribution in [0.3, 0.4) is 0 Å². The minimum absolute atomic E-state index is 0.0636. The number of alkyl halides is 3. The van der Waals surface area contributed by atoms with Crippen molar-refractivity contribution >= 4 is 33.3 Å². The number of ether oxygens (including phenoxy) is 1. The largest absolute Gasteiger partial charge is 0.573 e. The number of aromatic carboxylic acids is 1. The normalized spacial score (nSPS) is 11.8. The summed E-state index contributed by atoms with van der Waals surface area (Å²) >= 11 is 5.79. The summed E-state index contributed by atoms with van der Waals surface area (Å²) in [6.07, 6.45) is -4.87. The van der Waals surface area contributed by atoms with Crippen molar-refractivity contribution in [3.05, 3.63) is 53.1 Å². The molecule has 0 fully saturated rings. The van der Waals surface area contributed by atoms with E-state index in [0.29, 0.717) is 0 Å². The molecule has 0 aliphatic carbocycles. The van der Waals surface area contributed by atoms with E-state index in [0.717, 1.165) is 42.5 Å². The molecule has 0 aliphatic heterocycles. The van der Waals surface area contributed by atoms with Gasteiger partial charge in [-0.3, -0.25) is 4.72 Å². The summed E-state index contributed by atoms with van der Waals surface area (Å²) in [6, 6.07) is 7.04. The van der Waals surface area contributed by atoms with Gasteiger partial charge >= 0.3 is 12.3 Å². The van der Waals surface area contributed by atoms with Crippen LogP contribution in [-0.2, 0) is 10.0 Å². The molecule has 0 aliphatic rings. The van der Waals surface area contributed by atoms with Crippen molar-refractivity contribution in [2.75, 3.05) is 4.72 Å². The van der Waals surface area contributed by atoms with Crippen molar-refractivity contribution in [3.63, 3.8) is 0 Å². The van der Waals surface area contributed by atoms with Gasteiger partial charge in [-0.1, -0.05) is 11.6 Å². The average molecular weight is 396 g/mol. The number of carboxylic acids is 1. The lowest BCUT2D eigenvalue weighted by Crippen LogP contribution is -2.17. The quantitative estimate of drug-likeness (QED) is 0.804. The van der Waals surface area contributed by atoms with Crippen LogP contribution >= 0.6 is 11.6 Å². The number of anilines is 1. The van der Waals surface area contributed by atoms with E-state index in [1.54, 1.807) is 0 Å². The highest BCUT2D eigenvalue weighted by molar-refractivity contribution is 7.92. The Hall–Kier alpha value is -2.46. The summed E-state index contributed by atoms with van der Waals surface area (Å²) in [4.78, 5) is 10.5. The SMILES string of the molecule is O=C(O)c1ccc(Cl)c(S(=O)(=O)Nc2ccc(OC(F)(F)F)cc2)c1. The summed E-state index contributed by atoms with van der Waals surface area (Å²) in [6.45, 7) is 0. The fraction of sp³-hybridized carbons (Fsp3) is 0.0714. The second kappa shape index (κ2) is 6.81. The maximum atomic E-state index is 12.3. The van der Waals surface area contributed by atoms with Crippen LogP contribution in [0.5, 0.6) is 5.75 Å². The first-order valence-electron chi connectivity index (χ1n) is 6.39. The fourth-order valence-corrected chi connectivity index (χ4v) is 3.36. The molecule has 0 spiro atoms. The van der Waals surface area contributed by atoms with E-state index in [4.69, 9.17) is 16.7 Å². The molecule has 0 saturated carbocycles. The third kappa shape index (κ3) is 5.00. The molecule has 0 saturated heterocycles. The molecule has 2 rings (SSSR count). The van der Waals surface area contributed by atoms with Gasteiger partial charge in [0.15, 0.2) is 0 Å². The molecular formula is C14H9ClF3NO5S. The van der Waals surface area contributed by atoms with E-state index in [1.165, 1.54) is 0 Å². The molecule has 2 aromatic rings. The number of carbonyl (C=O) groups is 1. The van der Waals surface area contributed by atoms with Crippen molar-refractivity contribution in [3.8, 4) is 5.75 Å². The van der Waals surface area contributed by atoms with E-state index >= 15 is 0 Å². The van der Waals surface area contributed by atoms with E-state index < -0.39 is 33.0 Å². The molecule has 2 N–H and O–H groups in total. The van der Waals surface area contributed by atoms with E-state index in [9.17, 15) is 26.4 Å². The molecule has 0 aromatic heterocycles. The highest BCUT2D eigenvalue weighted by atomic mass is 35.5. The van der Waals surface area contributed by atoms with Crippen LogP contribution in [0.2, 0.25) is 5.02 Å². The summed E-state index contributed by atoms with van der Waals surface area (Å²) in [5.41, 5.74) is -0.356. The van der Waals surface area contributed by atoms with Crippen LogP contribution < -0.4 is 9.46 Å². The highest BCUT2D eigenvalue weighted by Crippen LogP contribution is 2.27. The van der Waals surface area contributed by atoms with Gasteiger partial charge in [-0.05, 0) is 42.5 Å². The fourth-order valence-electron chi connectivity index (χ4n) is 1.78. The van der Waals surface area contributed by atoms with Crippen molar-refractivity contribution in [2.45, 2.75) is 11.3 Å². The van der Waals surface area contributed by atoms with Gasteiger partial charge in [-0.2, -0.15) is 0 Å². The van der Waals surface area contributed by atoms with Gasteiger partial charge in [-0.15, -0.1) is 13.2 Å². The predicted octanol–water partition coefficient (Wildman–Crippen LogP) is 3.74. The molecule has 0 amide bonds. The van der Waals surface area contributed by atoms with Crippen LogP contribution in [0.15, 0.2) is 47.4 Å². The molecule has 0 bridgehead atoms. The Morgan fingerprint density at radius 1 is 1.12 bits per heavy atom. The lowest BCUT2D eigenvalue weighted by molar-refractivity contribution is -0.274. The number of hydrogen-bond acceptors (Lipinski definition) is 4. The monoisotopic (exact) mass is 395 g/mol. The van der Waals surface area contributed by atoms with Crippen molar-refractivity contribution in [2.24, 2.45) is 0 Å². The molecule has 134 valence electrons. The Labute approximate surface area is 144 Å². The Morgan fingerprint density at radius 3 is 2.24 bits per heavy atom. The summed E-state index contributed by atoms with van der Waals surface area (Å²) < 4.78 is 66.6.